The number of pyridine rings is 1. The molecule has 0 radical (unpaired) electrons. The van der Waals surface area contributed by atoms with Crippen molar-refractivity contribution in [2.45, 2.75) is 38.5 Å². The Morgan fingerprint density at radius 2 is 1.93 bits per heavy atom. The summed E-state index contributed by atoms with van der Waals surface area (Å²) < 4.78 is 5.79. The summed E-state index contributed by atoms with van der Waals surface area (Å²) in [6.45, 7) is 3.78. The number of piperidine rings is 1. The van der Waals surface area contributed by atoms with Gasteiger partial charge in [0.2, 0.25) is 11.8 Å². The average molecular weight is 387 g/mol. The highest BCUT2D eigenvalue weighted by Gasteiger charge is 2.43. The van der Waals surface area contributed by atoms with Gasteiger partial charge in [-0.2, -0.15) is 0 Å². The van der Waals surface area contributed by atoms with Crippen molar-refractivity contribution in [3.05, 3.63) is 23.9 Å². The van der Waals surface area contributed by atoms with Crippen LogP contribution in [0.3, 0.4) is 0 Å². The monoisotopic (exact) mass is 387 g/mol. The highest BCUT2D eigenvalue weighted by atomic mass is 16.5. The molecular formula is C21H29N3O4. The molecule has 7 heteroatoms. The average Bonchev–Trinajstić information content (AvgIpc) is 3.41. The molecular weight excluding hydrogens is 358 g/mol. The lowest BCUT2D eigenvalue weighted by molar-refractivity contribution is -0.133. The van der Waals surface area contributed by atoms with Crippen molar-refractivity contribution in [2.24, 2.45) is 17.8 Å². The third-order valence-corrected chi connectivity index (χ3v) is 6.49. The summed E-state index contributed by atoms with van der Waals surface area (Å²) in [5.41, 5.74) is 0.930. The van der Waals surface area contributed by atoms with E-state index in [4.69, 9.17) is 9.84 Å². The fourth-order valence-electron chi connectivity index (χ4n) is 4.47. The lowest BCUT2D eigenvalue weighted by atomic mass is 9.91. The first kappa shape index (κ1) is 19.0. The van der Waals surface area contributed by atoms with Crippen molar-refractivity contribution in [1.82, 2.24) is 14.8 Å². The molecule has 2 amide bonds. The minimum absolute atomic E-state index is 0.177. The molecule has 3 aliphatic rings. The normalized spacial score (nSPS) is 24.6. The zero-order valence-electron chi connectivity index (χ0n) is 16.3. The maximum Gasteiger partial charge on any atom is 0.407 e. The third-order valence-electron chi connectivity index (χ3n) is 6.49. The minimum atomic E-state index is -0.789. The van der Waals surface area contributed by atoms with Crippen LogP contribution in [0.1, 0.15) is 37.7 Å². The lowest BCUT2D eigenvalue weighted by Gasteiger charge is -2.30. The summed E-state index contributed by atoms with van der Waals surface area (Å²) >= 11 is 0. The summed E-state index contributed by atoms with van der Waals surface area (Å²) in [5, 5.41) is 9.04. The van der Waals surface area contributed by atoms with Crippen LogP contribution < -0.4 is 4.74 Å². The molecule has 4 rings (SSSR count). The van der Waals surface area contributed by atoms with E-state index < -0.39 is 6.09 Å². The van der Waals surface area contributed by atoms with E-state index in [-0.39, 0.29) is 5.91 Å². The molecule has 3 fully saturated rings. The van der Waals surface area contributed by atoms with Crippen LogP contribution in [-0.2, 0) is 11.2 Å². The summed E-state index contributed by atoms with van der Waals surface area (Å²) in [6, 6.07) is 3.78. The smallest absolute Gasteiger partial charge is 0.407 e. The number of hydrogen-bond donors (Lipinski definition) is 1. The molecule has 1 aliphatic carbocycles. The first-order valence-electron chi connectivity index (χ1n) is 10.4. The van der Waals surface area contributed by atoms with Crippen molar-refractivity contribution < 1.29 is 19.4 Å². The number of hydrogen-bond acceptors (Lipinski definition) is 4. The number of ether oxygens (including phenoxy) is 1. The first-order valence-corrected chi connectivity index (χ1v) is 10.4. The number of carbonyl (C=O) groups is 2. The summed E-state index contributed by atoms with van der Waals surface area (Å²) in [5.74, 6) is 2.90. The third kappa shape index (κ3) is 4.56. The largest absolute Gasteiger partial charge is 0.478 e. The lowest BCUT2D eigenvalue weighted by Crippen LogP contribution is -2.42. The van der Waals surface area contributed by atoms with Crippen LogP contribution >= 0.6 is 0 Å². The molecule has 0 unspecified atom stereocenters. The molecule has 1 N–H and O–H groups in total. The van der Waals surface area contributed by atoms with Gasteiger partial charge >= 0.3 is 6.09 Å². The Kier molecular flexibility index (Phi) is 5.69. The van der Waals surface area contributed by atoms with Crippen LogP contribution in [0.15, 0.2) is 18.3 Å². The van der Waals surface area contributed by atoms with E-state index in [1.807, 2.05) is 17.0 Å². The maximum absolute atomic E-state index is 12.0. The van der Waals surface area contributed by atoms with Gasteiger partial charge in [0.25, 0.3) is 0 Å². The van der Waals surface area contributed by atoms with Crippen LogP contribution in [0.4, 0.5) is 4.79 Å². The highest BCUT2D eigenvalue weighted by molar-refractivity contribution is 5.79. The molecule has 7 nitrogen and oxygen atoms in total. The fraction of sp³-hybridized carbons (Fsp3) is 0.667. The Balaban J connectivity index is 1.13. The van der Waals surface area contributed by atoms with E-state index in [0.29, 0.717) is 43.8 Å². The van der Waals surface area contributed by atoms with E-state index in [0.717, 1.165) is 50.3 Å². The van der Waals surface area contributed by atoms with Crippen molar-refractivity contribution >= 4 is 12.0 Å². The van der Waals surface area contributed by atoms with Gasteiger partial charge in [0.15, 0.2) is 0 Å². The Labute approximate surface area is 165 Å². The molecule has 0 spiro atoms. The Morgan fingerprint density at radius 1 is 1.14 bits per heavy atom. The molecule has 3 heterocycles. The van der Waals surface area contributed by atoms with E-state index in [9.17, 15) is 9.59 Å². The second-order valence-corrected chi connectivity index (χ2v) is 8.32. The standard InChI is InChI=1S/C21H29N3O4/c25-20(23-7-1-8-23)12-15-2-3-19(22-14-15)28-11-6-17-13-18(17)16-4-9-24(10-5-16)21(26)27/h2-3,14,16-18H,1,4-13H2,(H,26,27)/t17-,18+/m1/s1. The van der Waals surface area contributed by atoms with Crippen LogP contribution in [0, 0.1) is 17.8 Å². The van der Waals surface area contributed by atoms with Crippen LogP contribution in [0.2, 0.25) is 0 Å². The Bertz CT molecular complexity index is 696. The zero-order valence-corrected chi connectivity index (χ0v) is 16.3. The number of rotatable bonds is 7. The van der Waals surface area contributed by atoms with E-state index in [1.165, 1.54) is 11.3 Å². The number of carboxylic acid groups (broad SMARTS) is 1. The Morgan fingerprint density at radius 3 is 2.54 bits per heavy atom. The molecule has 1 saturated carbocycles. The molecule has 2 atom stereocenters. The molecule has 28 heavy (non-hydrogen) atoms. The van der Waals surface area contributed by atoms with Crippen LogP contribution in [-0.4, -0.2) is 64.7 Å². The van der Waals surface area contributed by atoms with Crippen molar-refractivity contribution in [1.29, 1.82) is 0 Å². The van der Waals surface area contributed by atoms with Crippen molar-refractivity contribution in [3.63, 3.8) is 0 Å². The van der Waals surface area contributed by atoms with Gasteiger partial charge in [0, 0.05) is 38.4 Å². The van der Waals surface area contributed by atoms with Crippen LogP contribution in [0.25, 0.3) is 0 Å². The zero-order chi connectivity index (χ0) is 19.5. The second kappa shape index (κ2) is 8.37. The van der Waals surface area contributed by atoms with Gasteiger partial charge in [0.05, 0.1) is 13.0 Å². The number of nitrogens with zero attached hydrogens (tertiary/aromatic N) is 3. The van der Waals surface area contributed by atoms with Gasteiger partial charge in [-0.1, -0.05) is 6.07 Å². The van der Waals surface area contributed by atoms with Crippen molar-refractivity contribution in [2.75, 3.05) is 32.8 Å². The second-order valence-electron chi connectivity index (χ2n) is 8.32. The van der Waals surface area contributed by atoms with Gasteiger partial charge in [-0.05, 0) is 55.4 Å². The summed E-state index contributed by atoms with van der Waals surface area (Å²) in [7, 11) is 0. The number of carbonyl (C=O) groups excluding carboxylic acids is 1. The van der Waals surface area contributed by atoms with E-state index >= 15 is 0 Å². The molecule has 2 saturated heterocycles. The highest BCUT2D eigenvalue weighted by Crippen LogP contribution is 2.49. The molecule has 0 bridgehead atoms. The Hall–Kier alpha value is -2.31. The van der Waals surface area contributed by atoms with Gasteiger partial charge in [-0.25, -0.2) is 9.78 Å². The van der Waals surface area contributed by atoms with Crippen molar-refractivity contribution in [3.8, 4) is 5.88 Å². The predicted octanol–water partition coefficient (Wildman–Crippen LogP) is 2.65. The van der Waals surface area contributed by atoms with E-state index in [2.05, 4.69) is 4.98 Å². The molecule has 152 valence electrons. The predicted molar refractivity (Wildman–Crippen MR) is 103 cm³/mol. The summed E-state index contributed by atoms with van der Waals surface area (Å²) in [4.78, 5) is 30.7. The molecule has 1 aromatic rings. The molecule has 1 aromatic heterocycles. The van der Waals surface area contributed by atoms with Gasteiger partial charge < -0.3 is 19.6 Å². The van der Waals surface area contributed by atoms with Gasteiger partial charge in [0.1, 0.15) is 0 Å². The fourth-order valence-corrected chi connectivity index (χ4v) is 4.47. The number of aromatic nitrogens is 1. The minimum Gasteiger partial charge on any atom is -0.478 e. The summed E-state index contributed by atoms with van der Waals surface area (Å²) in [6.07, 6.45) is 6.73. The molecule has 2 aliphatic heterocycles. The van der Waals surface area contributed by atoms with Crippen LogP contribution in [0.5, 0.6) is 5.88 Å². The van der Waals surface area contributed by atoms with Gasteiger partial charge in [-0.3, -0.25) is 4.79 Å². The SMILES string of the molecule is O=C(O)N1CCC([C@@H]2C[C@H]2CCOc2ccc(CC(=O)N3CCC3)cn2)CC1. The number of amides is 2. The molecule has 0 aromatic carbocycles. The topological polar surface area (TPSA) is 83.0 Å². The van der Waals surface area contributed by atoms with Gasteiger partial charge in [-0.15, -0.1) is 0 Å². The first-order chi connectivity index (χ1) is 13.6. The number of likely N-dealkylation sites (tertiary alicyclic amines) is 2. The maximum atomic E-state index is 12.0. The van der Waals surface area contributed by atoms with E-state index in [1.54, 1.807) is 6.20 Å². The quantitative estimate of drug-likeness (QED) is 0.778.